The lowest BCUT2D eigenvalue weighted by Crippen LogP contribution is -1.92. The molecular formula is C25H20O4. The van der Waals surface area contributed by atoms with E-state index in [1.807, 2.05) is 78.9 Å². The van der Waals surface area contributed by atoms with Crippen molar-refractivity contribution in [3.8, 4) is 45.6 Å². The van der Waals surface area contributed by atoms with Gasteiger partial charge in [0.25, 0.3) is 0 Å². The molecule has 0 atom stereocenters. The van der Waals surface area contributed by atoms with Crippen LogP contribution in [0.25, 0.3) is 11.1 Å². The van der Waals surface area contributed by atoms with Crippen LogP contribution in [-0.4, -0.2) is 12.2 Å². The summed E-state index contributed by atoms with van der Waals surface area (Å²) < 4.78 is 17.4. The summed E-state index contributed by atoms with van der Waals surface area (Å²) in [5, 5.41) is 10.5. The van der Waals surface area contributed by atoms with Gasteiger partial charge in [-0.1, -0.05) is 36.4 Å². The van der Waals surface area contributed by atoms with Crippen LogP contribution in [0.3, 0.4) is 0 Å². The van der Waals surface area contributed by atoms with Crippen molar-refractivity contribution in [3.63, 3.8) is 0 Å². The summed E-state index contributed by atoms with van der Waals surface area (Å²) in [6.07, 6.45) is 0. The minimum absolute atomic E-state index is 0.126. The number of hydrogen-bond acceptors (Lipinski definition) is 4. The van der Waals surface area contributed by atoms with Gasteiger partial charge < -0.3 is 19.3 Å². The van der Waals surface area contributed by atoms with Gasteiger partial charge in [0.15, 0.2) is 0 Å². The molecule has 0 amide bonds. The molecule has 0 heterocycles. The van der Waals surface area contributed by atoms with Gasteiger partial charge in [0, 0.05) is 11.1 Å². The van der Waals surface area contributed by atoms with Gasteiger partial charge >= 0.3 is 0 Å². The van der Waals surface area contributed by atoms with Crippen LogP contribution >= 0.6 is 0 Å². The highest BCUT2D eigenvalue weighted by molar-refractivity contribution is 5.78. The predicted molar refractivity (Wildman–Crippen MR) is 113 cm³/mol. The van der Waals surface area contributed by atoms with Crippen LogP contribution in [0.2, 0.25) is 0 Å². The molecule has 0 bridgehead atoms. The van der Waals surface area contributed by atoms with E-state index < -0.39 is 0 Å². The quantitative estimate of drug-likeness (QED) is 0.404. The molecule has 4 aromatic carbocycles. The number of ether oxygens (including phenoxy) is 3. The van der Waals surface area contributed by atoms with Crippen LogP contribution in [0, 0.1) is 0 Å². The van der Waals surface area contributed by atoms with Gasteiger partial charge in [0.1, 0.15) is 34.5 Å². The minimum atomic E-state index is 0.126. The average Bonchev–Trinajstić information content (AvgIpc) is 2.76. The summed E-state index contributed by atoms with van der Waals surface area (Å²) in [5.74, 6) is 3.45. The van der Waals surface area contributed by atoms with Crippen LogP contribution in [0.4, 0.5) is 0 Å². The number of rotatable bonds is 6. The molecule has 29 heavy (non-hydrogen) atoms. The van der Waals surface area contributed by atoms with E-state index in [2.05, 4.69) is 0 Å². The van der Waals surface area contributed by atoms with E-state index >= 15 is 0 Å². The molecule has 0 radical (unpaired) electrons. The summed E-state index contributed by atoms with van der Waals surface area (Å²) in [5.41, 5.74) is 1.30. The fraction of sp³-hybridized carbons (Fsp3) is 0.0400. The molecule has 0 saturated carbocycles. The van der Waals surface area contributed by atoms with Gasteiger partial charge in [-0.3, -0.25) is 0 Å². The normalized spacial score (nSPS) is 10.4. The van der Waals surface area contributed by atoms with Crippen molar-refractivity contribution < 1.29 is 19.3 Å². The highest BCUT2D eigenvalue weighted by atomic mass is 16.5. The van der Waals surface area contributed by atoms with E-state index in [1.165, 1.54) is 0 Å². The molecule has 4 aromatic rings. The second kappa shape index (κ2) is 8.40. The Morgan fingerprint density at radius 1 is 0.552 bits per heavy atom. The number of phenols is 1. The number of phenolic OH excluding ortho intramolecular Hbond substituents is 1. The van der Waals surface area contributed by atoms with Gasteiger partial charge in [0.05, 0.1) is 7.11 Å². The van der Waals surface area contributed by atoms with Gasteiger partial charge in [-0.15, -0.1) is 0 Å². The Morgan fingerprint density at radius 2 is 1.07 bits per heavy atom. The van der Waals surface area contributed by atoms with Crippen molar-refractivity contribution in [2.75, 3.05) is 7.11 Å². The summed E-state index contributed by atoms with van der Waals surface area (Å²) >= 11 is 0. The van der Waals surface area contributed by atoms with E-state index in [0.717, 1.165) is 11.5 Å². The van der Waals surface area contributed by atoms with Crippen LogP contribution < -0.4 is 14.2 Å². The second-order valence-corrected chi connectivity index (χ2v) is 6.37. The molecule has 0 aliphatic carbocycles. The SMILES string of the molecule is COc1ccc(Oc2ccccc2)cc1-c1cc(Oc2ccccc2)ccc1O. The zero-order valence-electron chi connectivity index (χ0n) is 15.9. The molecular weight excluding hydrogens is 364 g/mol. The van der Waals surface area contributed by atoms with Crippen LogP contribution in [0.1, 0.15) is 0 Å². The third-order valence-corrected chi connectivity index (χ3v) is 4.39. The maximum atomic E-state index is 10.5. The fourth-order valence-electron chi connectivity index (χ4n) is 3.00. The van der Waals surface area contributed by atoms with Crippen molar-refractivity contribution in [1.29, 1.82) is 0 Å². The molecule has 0 spiro atoms. The Morgan fingerprint density at radius 3 is 1.62 bits per heavy atom. The highest BCUT2D eigenvalue weighted by Crippen LogP contribution is 2.41. The van der Waals surface area contributed by atoms with Gasteiger partial charge in [-0.2, -0.15) is 0 Å². The predicted octanol–water partition coefficient (Wildman–Crippen LogP) is 6.65. The van der Waals surface area contributed by atoms with E-state index in [0.29, 0.717) is 28.4 Å². The van der Waals surface area contributed by atoms with Crippen LogP contribution in [-0.2, 0) is 0 Å². The summed E-state index contributed by atoms with van der Waals surface area (Å²) in [4.78, 5) is 0. The summed E-state index contributed by atoms with van der Waals surface area (Å²) in [7, 11) is 1.60. The zero-order valence-corrected chi connectivity index (χ0v) is 15.9. The Balaban J connectivity index is 1.70. The topological polar surface area (TPSA) is 47.9 Å². The number of benzene rings is 4. The molecule has 0 aliphatic heterocycles. The maximum absolute atomic E-state index is 10.5. The van der Waals surface area contributed by atoms with Gasteiger partial charge in [-0.05, 0) is 60.7 Å². The van der Waals surface area contributed by atoms with Crippen LogP contribution in [0.15, 0.2) is 97.1 Å². The van der Waals surface area contributed by atoms with E-state index in [-0.39, 0.29) is 5.75 Å². The minimum Gasteiger partial charge on any atom is -0.507 e. The van der Waals surface area contributed by atoms with E-state index in [4.69, 9.17) is 14.2 Å². The molecule has 4 rings (SSSR count). The van der Waals surface area contributed by atoms with E-state index in [1.54, 1.807) is 25.3 Å². The maximum Gasteiger partial charge on any atom is 0.128 e. The fourth-order valence-corrected chi connectivity index (χ4v) is 3.00. The van der Waals surface area contributed by atoms with Crippen LogP contribution in [0.5, 0.6) is 34.5 Å². The molecule has 144 valence electrons. The first-order valence-electron chi connectivity index (χ1n) is 9.20. The molecule has 1 N–H and O–H groups in total. The number of methoxy groups -OCH3 is 1. The van der Waals surface area contributed by atoms with Crippen molar-refractivity contribution in [1.82, 2.24) is 0 Å². The van der Waals surface area contributed by atoms with E-state index in [9.17, 15) is 5.11 Å². The number of hydrogen-bond donors (Lipinski definition) is 1. The Labute approximate surface area is 169 Å². The molecule has 0 fully saturated rings. The lowest BCUT2D eigenvalue weighted by atomic mass is 10.0. The van der Waals surface area contributed by atoms with Crippen molar-refractivity contribution >= 4 is 0 Å². The first kappa shape index (κ1) is 18.4. The molecule has 0 aliphatic rings. The molecule has 4 heteroatoms. The smallest absolute Gasteiger partial charge is 0.128 e. The summed E-state index contributed by atoms with van der Waals surface area (Å²) in [6, 6.07) is 29.6. The zero-order chi connectivity index (χ0) is 20.1. The lowest BCUT2D eigenvalue weighted by molar-refractivity contribution is 0.413. The standard InChI is InChI=1S/C25H20O4/c1-27-25-15-13-21(29-19-10-6-3-7-11-19)17-23(25)22-16-20(12-14-24(22)26)28-18-8-4-2-5-9-18/h2-17,26H,1H3. The lowest BCUT2D eigenvalue weighted by Gasteiger charge is -2.14. The first-order valence-corrected chi connectivity index (χ1v) is 9.20. The number of aromatic hydroxyl groups is 1. The Hall–Kier alpha value is -3.92. The molecule has 4 nitrogen and oxygen atoms in total. The van der Waals surface area contributed by atoms with Crippen molar-refractivity contribution in [3.05, 3.63) is 97.1 Å². The first-order chi connectivity index (χ1) is 14.2. The Bertz CT molecular complexity index is 1090. The molecule has 0 saturated heterocycles. The Kier molecular flexibility index (Phi) is 5.34. The second-order valence-electron chi connectivity index (χ2n) is 6.37. The molecule has 0 unspecified atom stereocenters. The van der Waals surface area contributed by atoms with Crippen molar-refractivity contribution in [2.24, 2.45) is 0 Å². The molecule has 0 aromatic heterocycles. The van der Waals surface area contributed by atoms with Crippen molar-refractivity contribution in [2.45, 2.75) is 0 Å². The monoisotopic (exact) mass is 384 g/mol. The van der Waals surface area contributed by atoms with Gasteiger partial charge in [-0.25, -0.2) is 0 Å². The average molecular weight is 384 g/mol. The number of para-hydroxylation sites is 2. The third-order valence-electron chi connectivity index (χ3n) is 4.39. The largest absolute Gasteiger partial charge is 0.507 e. The third kappa shape index (κ3) is 4.33. The van der Waals surface area contributed by atoms with Gasteiger partial charge in [0.2, 0.25) is 0 Å². The highest BCUT2D eigenvalue weighted by Gasteiger charge is 2.14. The summed E-state index contributed by atoms with van der Waals surface area (Å²) in [6.45, 7) is 0.